The Labute approximate surface area is 163 Å². The number of nitro benzene ring substituents is 2. The summed E-state index contributed by atoms with van der Waals surface area (Å²) >= 11 is 0. The number of furan rings is 1. The number of para-hydroxylation sites is 1. The highest BCUT2D eigenvalue weighted by molar-refractivity contribution is 5.82. The first-order chi connectivity index (χ1) is 13.9. The Morgan fingerprint density at radius 3 is 2.41 bits per heavy atom. The smallest absolute Gasteiger partial charge is 0.273 e. The molecule has 1 amide bonds. The zero-order chi connectivity index (χ0) is 20.8. The van der Waals surface area contributed by atoms with Crippen LogP contribution in [-0.4, -0.2) is 22.0 Å². The molecule has 0 saturated heterocycles. The van der Waals surface area contributed by atoms with Crippen molar-refractivity contribution in [2.75, 3.05) is 0 Å². The van der Waals surface area contributed by atoms with Crippen LogP contribution in [0.4, 0.5) is 11.4 Å². The second kappa shape index (κ2) is 8.57. The molecule has 0 saturated carbocycles. The monoisotopic (exact) mass is 394 g/mol. The summed E-state index contributed by atoms with van der Waals surface area (Å²) in [5.74, 6) is 0.314. The lowest BCUT2D eigenvalue weighted by Gasteiger charge is -2.01. The highest BCUT2D eigenvalue weighted by Crippen LogP contribution is 2.24. The van der Waals surface area contributed by atoms with E-state index in [0.29, 0.717) is 17.1 Å². The molecule has 0 bridgehead atoms. The number of nitro groups is 2. The molecule has 0 radical (unpaired) electrons. The minimum atomic E-state index is -0.547. The van der Waals surface area contributed by atoms with Crippen molar-refractivity contribution in [2.24, 2.45) is 5.10 Å². The fourth-order valence-electron chi connectivity index (χ4n) is 2.54. The van der Waals surface area contributed by atoms with Crippen molar-refractivity contribution >= 4 is 23.5 Å². The van der Waals surface area contributed by atoms with E-state index >= 15 is 0 Å². The predicted molar refractivity (Wildman–Crippen MR) is 103 cm³/mol. The molecule has 10 nitrogen and oxygen atoms in total. The molecule has 1 aromatic heterocycles. The largest absolute Gasteiger partial charge is 0.455 e. The van der Waals surface area contributed by atoms with Crippen LogP contribution >= 0.6 is 0 Å². The van der Waals surface area contributed by atoms with E-state index < -0.39 is 15.8 Å². The van der Waals surface area contributed by atoms with E-state index in [1.807, 2.05) is 0 Å². The number of amides is 1. The van der Waals surface area contributed by atoms with E-state index in [2.05, 4.69) is 10.5 Å². The van der Waals surface area contributed by atoms with E-state index in [4.69, 9.17) is 4.42 Å². The number of rotatable bonds is 7. The van der Waals surface area contributed by atoms with Gasteiger partial charge in [-0.05, 0) is 24.3 Å². The molecule has 0 aliphatic heterocycles. The maximum atomic E-state index is 12.0. The zero-order valence-corrected chi connectivity index (χ0v) is 14.8. The number of carbonyl (C=O) groups is 1. The van der Waals surface area contributed by atoms with Crippen molar-refractivity contribution < 1.29 is 19.1 Å². The zero-order valence-electron chi connectivity index (χ0n) is 14.8. The number of benzene rings is 2. The minimum absolute atomic E-state index is 0.0246. The van der Waals surface area contributed by atoms with Gasteiger partial charge in [0, 0.05) is 29.3 Å². The number of hydrazone groups is 1. The number of nitrogens with zero attached hydrogens (tertiary/aromatic N) is 3. The van der Waals surface area contributed by atoms with E-state index in [-0.39, 0.29) is 23.4 Å². The van der Waals surface area contributed by atoms with Gasteiger partial charge in [-0.25, -0.2) is 5.43 Å². The lowest BCUT2D eigenvalue weighted by Crippen LogP contribution is -2.20. The third-order valence-electron chi connectivity index (χ3n) is 3.91. The van der Waals surface area contributed by atoms with Crippen LogP contribution in [0.5, 0.6) is 0 Å². The summed E-state index contributed by atoms with van der Waals surface area (Å²) in [6.07, 6.45) is 1.09. The molecule has 1 heterocycles. The topological polar surface area (TPSA) is 141 Å². The fourth-order valence-corrected chi connectivity index (χ4v) is 2.54. The minimum Gasteiger partial charge on any atom is -0.455 e. The van der Waals surface area contributed by atoms with Gasteiger partial charge in [-0.1, -0.05) is 18.2 Å². The van der Waals surface area contributed by atoms with Crippen molar-refractivity contribution in [1.29, 1.82) is 0 Å². The molecule has 29 heavy (non-hydrogen) atoms. The van der Waals surface area contributed by atoms with E-state index in [0.717, 1.165) is 0 Å². The van der Waals surface area contributed by atoms with E-state index in [9.17, 15) is 25.0 Å². The SMILES string of the molecule is O=C(Cc1ccccc1[N+](=O)[O-])NN=Cc1ccc(-c2ccc([N+](=O)[O-])cc2)o1. The highest BCUT2D eigenvalue weighted by Gasteiger charge is 2.15. The molecule has 3 rings (SSSR count). The van der Waals surface area contributed by atoms with Gasteiger partial charge in [-0.2, -0.15) is 5.10 Å². The van der Waals surface area contributed by atoms with Gasteiger partial charge < -0.3 is 4.42 Å². The van der Waals surface area contributed by atoms with Crippen LogP contribution < -0.4 is 5.43 Å². The number of non-ortho nitro benzene ring substituents is 1. The second-order valence-electron chi connectivity index (χ2n) is 5.86. The third kappa shape index (κ3) is 4.89. The van der Waals surface area contributed by atoms with Crippen LogP contribution in [-0.2, 0) is 11.2 Å². The van der Waals surface area contributed by atoms with Crippen molar-refractivity contribution in [3.63, 3.8) is 0 Å². The molecule has 146 valence electrons. The Balaban J connectivity index is 1.61. The number of hydrogen-bond acceptors (Lipinski definition) is 7. The van der Waals surface area contributed by atoms with Gasteiger partial charge in [-0.15, -0.1) is 0 Å². The van der Waals surface area contributed by atoms with Crippen LogP contribution in [0, 0.1) is 20.2 Å². The average molecular weight is 394 g/mol. The molecule has 0 fully saturated rings. The lowest BCUT2D eigenvalue weighted by molar-refractivity contribution is -0.385. The van der Waals surface area contributed by atoms with Gasteiger partial charge in [0.1, 0.15) is 11.5 Å². The highest BCUT2D eigenvalue weighted by atomic mass is 16.6. The first-order valence-electron chi connectivity index (χ1n) is 8.33. The molecule has 0 spiro atoms. The summed E-state index contributed by atoms with van der Waals surface area (Å²) < 4.78 is 5.56. The quantitative estimate of drug-likeness (QED) is 0.369. The summed E-state index contributed by atoms with van der Waals surface area (Å²) in [4.78, 5) is 32.6. The number of nitrogens with one attached hydrogen (secondary N) is 1. The summed E-state index contributed by atoms with van der Waals surface area (Å²) in [7, 11) is 0. The van der Waals surface area contributed by atoms with Crippen LogP contribution in [0.1, 0.15) is 11.3 Å². The first-order valence-corrected chi connectivity index (χ1v) is 8.33. The first kappa shape index (κ1) is 19.4. The van der Waals surface area contributed by atoms with Gasteiger partial charge in [0.05, 0.1) is 22.5 Å². The summed E-state index contributed by atoms with van der Waals surface area (Å²) in [5.41, 5.74) is 3.06. The molecule has 10 heteroatoms. The Morgan fingerprint density at radius 2 is 1.72 bits per heavy atom. The lowest BCUT2D eigenvalue weighted by atomic mass is 10.1. The van der Waals surface area contributed by atoms with Crippen molar-refractivity contribution in [3.8, 4) is 11.3 Å². The van der Waals surface area contributed by atoms with Gasteiger partial charge in [-0.3, -0.25) is 25.0 Å². The van der Waals surface area contributed by atoms with Crippen LogP contribution in [0.25, 0.3) is 11.3 Å². The van der Waals surface area contributed by atoms with Crippen molar-refractivity contribution in [2.45, 2.75) is 6.42 Å². The molecule has 0 aliphatic rings. The normalized spacial score (nSPS) is 10.8. The Hall–Kier alpha value is -4.34. The van der Waals surface area contributed by atoms with Gasteiger partial charge in [0.25, 0.3) is 11.4 Å². The maximum Gasteiger partial charge on any atom is 0.273 e. The Bertz CT molecular complexity index is 1090. The second-order valence-corrected chi connectivity index (χ2v) is 5.86. The summed E-state index contributed by atoms with van der Waals surface area (Å²) in [5, 5.41) is 25.4. The number of hydrogen-bond donors (Lipinski definition) is 1. The Morgan fingerprint density at radius 1 is 1.00 bits per heavy atom. The molecule has 0 aliphatic carbocycles. The van der Waals surface area contributed by atoms with Crippen LogP contribution in [0.15, 0.2) is 70.2 Å². The maximum absolute atomic E-state index is 12.0. The van der Waals surface area contributed by atoms with E-state index in [1.54, 1.807) is 30.3 Å². The van der Waals surface area contributed by atoms with Gasteiger partial charge in [0.15, 0.2) is 0 Å². The molecule has 1 N–H and O–H groups in total. The molecule has 2 aromatic carbocycles. The molecule has 0 atom stereocenters. The summed E-state index contributed by atoms with van der Waals surface area (Å²) in [6.45, 7) is 0. The molecular formula is C19H14N4O6. The van der Waals surface area contributed by atoms with Crippen LogP contribution in [0.3, 0.4) is 0 Å². The van der Waals surface area contributed by atoms with Gasteiger partial charge >= 0.3 is 0 Å². The van der Waals surface area contributed by atoms with Gasteiger partial charge in [0.2, 0.25) is 5.91 Å². The Kier molecular flexibility index (Phi) is 5.74. The molecule has 3 aromatic rings. The summed E-state index contributed by atoms with van der Waals surface area (Å²) in [6, 6.07) is 15.1. The predicted octanol–water partition coefficient (Wildman–Crippen LogP) is 3.46. The van der Waals surface area contributed by atoms with Crippen LogP contribution in [0.2, 0.25) is 0 Å². The number of carbonyl (C=O) groups excluding carboxylic acids is 1. The van der Waals surface area contributed by atoms with Crippen molar-refractivity contribution in [3.05, 3.63) is 92.2 Å². The van der Waals surface area contributed by atoms with E-state index in [1.165, 1.54) is 36.5 Å². The molecular weight excluding hydrogens is 380 g/mol. The van der Waals surface area contributed by atoms with Crippen molar-refractivity contribution in [1.82, 2.24) is 5.43 Å². The average Bonchev–Trinajstić information content (AvgIpc) is 3.17. The third-order valence-corrected chi connectivity index (χ3v) is 3.91. The fraction of sp³-hybridized carbons (Fsp3) is 0.0526. The standard InChI is InChI=1S/C19H14N4O6/c24-19(11-14-3-1-2-4-17(14)23(27)28)21-20-12-16-9-10-18(29-16)13-5-7-15(8-6-13)22(25)26/h1-10,12H,11H2,(H,21,24). The molecule has 0 unspecified atom stereocenters.